The lowest BCUT2D eigenvalue weighted by Crippen LogP contribution is -2.35. The molecule has 3 N–H and O–H groups in total. The second-order valence-corrected chi connectivity index (χ2v) is 9.64. The Bertz CT molecular complexity index is 1000. The average Bonchev–Trinajstić information content (AvgIpc) is 3.37. The van der Waals surface area contributed by atoms with E-state index in [1.165, 1.54) is 5.56 Å². The van der Waals surface area contributed by atoms with Gasteiger partial charge in [-0.25, -0.2) is 8.51 Å². The number of hydrogen-bond donors (Lipinski definition) is 2. The number of nitrogens with one attached hydrogen (secondary N) is 1. The van der Waals surface area contributed by atoms with Crippen molar-refractivity contribution in [3.05, 3.63) is 46.3 Å². The standard InChI is InChI=1S/C21H25N3O2S2/c1-2-9-28(26)24-6-3-14(4-7-24)19-12-23-20-17(19)10-16(11-18(20)21(22)25)15-5-8-27-13-15/h5,8,10-14,23H,2-4,6-7,9H2,1H3,(H2,22,25). The van der Waals surface area contributed by atoms with Gasteiger partial charge in [0.25, 0.3) is 5.91 Å². The second kappa shape index (κ2) is 8.19. The smallest absolute Gasteiger partial charge is 0.250 e. The van der Waals surface area contributed by atoms with Gasteiger partial charge in [-0.3, -0.25) is 4.79 Å². The fraction of sp³-hybridized carbons (Fsp3) is 0.381. The van der Waals surface area contributed by atoms with Crippen molar-refractivity contribution in [2.75, 3.05) is 18.8 Å². The molecule has 5 nitrogen and oxygen atoms in total. The van der Waals surface area contributed by atoms with Crippen LogP contribution in [0, 0.1) is 0 Å². The number of carbonyl (C=O) groups excluding carboxylic acids is 1. The summed E-state index contributed by atoms with van der Waals surface area (Å²) in [6.45, 7) is 3.76. The molecule has 148 valence electrons. The fourth-order valence-corrected chi connectivity index (χ4v) is 5.95. The molecule has 1 aliphatic heterocycles. The van der Waals surface area contributed by atoms with Crippen molar-refractivity contribution in [3.8, 4) is 11.1 Å². The summed E-state index contributed by atoms with van der Waals surface area (Å²) in [5.41, 5.74) is 10.4. The molecule has 1 fully saturated rings. The molecule has 1 atom stereocenters. The lowest BCUT2D eigenvalue weighted by molar-refractivity contribution is 0.100. The number of amides is 1. The molecule has 28 heavy (non-hydrogen) atoms. The van der Waals surface area contributed by atoms with Crippen LogP contribution in [0.2, 0.25) is 0 Å². The van der Waals surface area contributed by atoms with E-state index in [0.29, 0.717) is 11.5 Å². The monoisotopic (exact) mass is 415 g/mol. The van der Waals surface area contributed by atoms with Gasteiger partial charge in [0.1, 0.15) is 0 Å². The average molecular weight is 416 g/mol. The summed E-state index contributed by atoms with van der Waals surface area (Å²) in [5, 5.41) is 5.19. The molecule has 0 bridgehead atoms. The van der Waals surface area contributed by atoms with Gasteiger partial charge in [0.15, 0.2) is 0 Å². The van der Waals surface area contributed by atoms with Crippen LogP contribution in [0.3, 0.4) is 0 Å². The maximum absolute atomic E-state index is 12.3. The first-order valence-electron chi connectivity index (χ1n) is 9.69. The predicted octanol–water partition coefficient (Wildman–Crippen LogP) is 4.25. The minimum Gasteiger partial charge on any atom is -0.366 e. The minimum atomic E-state index is -0.864. The number of aromatic amines is 1. The number of piperidine rings is 1. The van der Waals surface area contributed by atoms with Crippen molar-refractivity contribution in [1.82, 2.24) is 9.29 Å². The number of thiophene rings is 1. The molecule has 1 saturated heterocycles. The largest absolute Gasteiger partial charge is 0.366 e. The number of hydrogen-bond acceptors (Lipinski definition) is 3. The van der Waals surface area contributed by atoms with Crippen molar-refractivity contribution in [2.45, 2.75) is 32.1 Å². The topological polar surface area (TPSA) is 79.2 Å². The second-order valence-electron chi connectivity index (χ2n) is 7.30. The third kappa shape index (κ3) is 3.66. The summed E-state index contributed by atoms with van der Waals surface area (Å²) in [7, 11) is -0.864. The third-order valence-corrected chi connectivity index (χ3v) is 7.88. The molecule has 2 aromatic heterocycles. The lowest BCUT2D eigenvalue weighted by atomic mass is 9.88. The summed E-state index contributed by atoms with van der Waals surface area (Å²) >= 11 is 1.64. The number of benzene rings is 1. The molecule has 1 aliphatic rings. The molecular weight excluding hydrogens is 390 g/mol. The molecule has 4 rings (SSSR count). The Morgan fingerprint density at radius 2 is 2.11 bits per heavy atom. The summed E-state index contributed by atoms with van der Waals surface area (Å²) in [5.74, 6) is 0.714. The first kappa shape index (κ1) is 19.4. The van der Waals surface area contributed by atoms with Crippen LogP contribution < -0.4 is 5.73 Å². The van der Waals surface area contributed by atoms with Crippen LogP contribution in [0.1, 0.15) is 48.0 Å². The Morgan fingerprint density at radius 1 is 1.32 bits per heavy atom. The lowest BCUT2D eigenvalue weighted by Gasteiger charge is -2.30. The van der Waals surface area contributed by atoms with E-state index < -0.39 is 16.9 Å². The van der Waals surface area contributed by atoms with Crippen molar-refractivity contribution < 1.29 is 9.00 Å². The quantitative estimate of drug-likeness (QED) is 0.631. The van der Waals surface area contributed by atoms with Crippen LogP contribution in [0.15, 0.2) is 35.2 Å². The van der Waals surface area contributed by atoms with Crippen LogP contribution in [0.5, 0.6) is 0 Å². The van der Waals surface area contributed by atoms with Crippen molar-refractivity contribution in [3.63, 3.8) is 0 Å². The summed E-state index contributed by atoms with van der Waals surface area (Å²) in [4.78, 5) is 15.4. The van der Waals surface area contributed by atoms with Crippen molar-refractivity contribution in [2.24, 2.45) is 5.73 Å². The van der Waals surface area contributed by atoms with E-state index in [-0.39, 0.29) is 0 Å². The predicted molar refractivity (Wildman–Crippen MR) is 117 cm³/mol. The molecule has 3 aromatic rings. The van der Waals surface area contributed by atoms with E-state index in [0.717, 1.165) is 60.1 Å². The van der Waals surface area contributed by atoms with Crippen LogP contribution in [-0.4, -0.2) is 38.2 Å². The number of aromatic nitrogens is 1. The van der Waals surface area contributed by atoms with E-state index >= 15 is 0 Å². The number of H-pyrrole nitrogens is 1. The van der Waals surface area contributed by atoms with Gasteiger partial charge in [-0.05, 0) is 70.8 Å². The number of nitrogens with two attached hydrogens (primary N) is 1. The van der Waals surface area contributed by atoms with Crippen LogP contribution in [-0.2, 0) is 11.0 Å². The highest BCUT2D eigenvalue weighted by Crippen LogP contribution is 2.37. The number of primary amides is 1. The Balaban J connectivity index is 1.67. The summed E-state index contributed by atoms with van der Waals surface area (Å²) < 4.78 is 14.4. The molecule has 0 spiro atoms. The Hall–Kier alpha value is -1.96. The Labute approximate surface area is 171 Å². The zero-order chi connectivity index (χ0) is 19.7. The normalized spacial score (nSPS) is 17.2. The number of nitrogens with zero attached hydrogens (tertiary/aromatic N) is 1. The first-order chi connectivity index (χ1) is 13.6. The number of fused-ring (bicyclic) bond motifs is 1. The highest BCUT2D eigenvalue weighted by atomic mass is 32.2. The van der Waals surface area contributed by atoms with E-state index in [4.69, 9.17) is 5.73 Å². The zero-order valence-electron chi connectivity index (χ0n) is 15.9. The van der Waals surface area contributed by atoms with Gasteiger partial charge in [-0.1, -0.05) is 6.92 Å². The van der Waals surface area contributed by atoms with E-state index in [1.54, 1.807) is 11.3 Å². The Kier molecular flexibility index (Phi) is 5.66. The molecule has 3 heterocycles. The summed E-state index contributed by atoms with van der Waals surface area (Å²) in [6, 6.07) is 6.10. The third-order valence-electron chi connectivity index (χ3n) is 5.50. The van der Waals surface area contributed by atoms with E-state index in [2.05, 4.69) is 33.7 Å². The van der Waals surface area contributed by atoms with Gasteiger partial charge in [-0.2, -0.15) is 11.3 Å². The zero-order valence-corrected chi connectivity index (χ0v) is 17.6. The summed E-state index contributed by atoms with van der Waals surface area (Å²) in [6.07, 6.45) is 4.90. The SMILES string of the molecule is CCCS(=O)N1CCC(c2c[nH]c3c(C(N)=O)cc(-c4ccsc4)cc23)CC1. The Morgan fingerprint density at radius 3 is 2.75 bits per heavy atom. The maximum atomic E-state index is 12.3. The minimum absolute atomic E-state index is 0.391. The van der Waals surface area contributed by atoms with Crippen LogP contribution >= 0.6 is 11.3 Å². The molecule has 1 aromatic carbocycles. The molecule has 0 aliphatic carbocycles. The van der Waals surface area contributed by atoms with Crippen LogP contribution in [0.25, 0.3) is 22.0 Å². The maximum Gasteiger partial charge on any atom is 0.250 e. The van der Waals surface area contributed by atoms with Crippen LogP contribution in [0.4, 0.5) is 0 Å². The number of carbonyl (C=O) groups is 1. The first-order valence-corrected chi connectivity index (χ1v) is 11.9. The molecule has 0 saturated carbocycles. The van der Waals surface area contributed by atoms with Gasteiger partial charge >= 0.3 is 0 Å². The van der Waals surface area contributed by atoms with Gasteiger partial charge in [0.2, 0.25) is 0 Å². The van der Waals surface area contributed by atoms with Crippen molar-refractivity contribution >= 4 is 39.1 Å². The highest BCUT2D eigenvalue weighted by molar-refractivity contribution is 7.82. The number of rotatable bonds is 6. The van der Waals surface area contributed by atoms with Gasteiger partial charge < -0.3 is 10.7 Å². The van der Waals surface area contributed by atoms with Gasteiger partial charge in [0.05, 0.1) is 22.1 Å². The van der Waals surface area contributed by atoms with Gasteiger partial charge in [0, 0.05) is 30.4 Å². The van der Waals surface area contributed by atoms with Gasteiger partial charge in [-0.15, -0.1) is 0 Å². The van der Waals surface area contributed by atoms with E-state index in [9.17, 15) is 9.00 Å². The highest BCUT2D eigenvalue weighted by Gasteiger charge is 2.26. The molecule has 1 amide bonds. The fourth-order valence-electron chi connectivity index (χ4n) is 4.05. The molecule has 7 heteroatoms. The molecular formula is C21H25N3O2S2. The molecule has 0 radical (unpaired) electrons. The molecule has 1 unspecified atom stereocenters. The van der Waals surface area contributed by atoms with E-state index in [1.807, 2.05) is 17.6 Å². The van der Waals surface area contributed by atoms with Crippen molar-refractivity contribution in [1.29, 1.82) is 0 Å².